The second kappa shape index (κ2) is 10.8. The first-order chi connectivity index (χ1) is 14.3. The summed E-state index contributed by atoms with van der Waals surface area (Å²) < 4.78 is 14.7. The van der Waals surface area contributed by atoms with Gasteiger partial charge in [-0.1, -0.05) is 13.8 Å². The summed E-state index contributed by atoms with van der Waals surface area (Å²) in [6.45, 7) is 10.1. The minimum atomic E-state index is -0.332. The Morgan fingerprint density at radius 3 is 2.65 bits per heavy atom. The molecule has 0 spiro atoms. The summed E-state index contributed by atoms with van der Waals surface area (Å²) in [5, 5.41) is 17.4. The molecular formula is C22H31FIN7. The lowest BCUT2D eigenvalue weighted by molar-refractivity contribution is 0.370. The van der Waals surface area contributed by atoms with Crippen molar-refractivity contribution in [1.82, 2.24) is 20.0 Å². The molecule has 0 atom stereocenters. The number of nitrogen functional groups attached to an aromatic ring is 1. The molecule has 0 saturated carbocycles. The predicted molar refractivity (Wildman–Crippen MR) is 132 cm³/mol. The van der Waals surface area contributed by atoms with Crippen LogP contribution in [0.25, 0.3) is 5.69 Å². The molecule has 1 fully saturated rings. The first-order valence-electron chi connectivity index (χ1n) is 10.4. The van der Waals surface area contributed by atoms with Crippen LogP contribution in [0.4, 0.5) is 10.2 Å². The molecule has 9 heteroatoms. The van der Waals surface area contributed by atoms with E-state index in [2.05, 4.69) is 42.2 Å². The summed E-state index contributed by atoms with van der Waals surface area (Å²) in [5.41, 5.74) is 8.07. The van der Waals surface area contributed by atoms with Crippen molar-refractivity contribution in [2.24, 2.45) is 10.4 Å². The van der Waals surface area contributed by atoms with Crippen LogP contribution in [0.3, 0.4) is 0 Å². The molecular weight excluding hydrogens is 508 g/mol. The predicted octanol–water partition coefficient (Wildman–Crippen LogP) is 3.71. The Bertz CT molecular complexity index is 944. The van der Waals surface area contributed by atoms with Crippen molar-refractivity contribution in [3.63, 3.8) is 0 Å². The normalized spacial score (nSPS) is 15.5. The van der Waals surface area contributed by atoms with Gasteiger partial charge >= 0.3 is 0 Å². The Hall–Kier alpha value is -2.35. The SMILES string of the molecule is CCNC(=NCCCc1nn(-c2ccc(F)cc2)c(N)c1C#N)N1CCC(C)(C)C1.I. The highest BCUT2D eigenvalue weighted by atomic mass is 127. The summed E-state index contributed by atoms with van der Waals surface area (Å²) in [4.78, 5) is 7.08. The molecule has 2 aromatic rings. The summed E-state index contributed by atoms with van der Waals surface area (Å²) in [5.74, 6) is 0.885. The van der Waals surface area contributed by atoms with E-state index < -0.39 is 0 Å². The van der Waals surface area contributed by atoms with Crippen molar-refractivity contribution in [3.8, 4) is 11.8 Å². The number of nitrogens with one attached hydrogen (secondary N) is 1. The number of nitrogens with zero attached hydrogens (tertiary/aromatic N) is 5. The maximum atomic E-state index is 13.2. The van der Waals surface area contributed by atoms with Gasteiger partial charge in [-0.3, -0.25) is 4.99 Å². The van der Waals surface area contributed by atoms with Gasteiger partial charge in [0, 0.05) is 26.2 Å². The molecule has 0 amide bonds. The molecule has 168 valence electrons. The Balaban J connectivity index is 0.00000341. The lowest BCUT2D eigenvalue weighted by atomic mass is 9.93. The summed E-state index contributed by atoms with van der Waals surface area (Å²) in [6.07, 6.45) is 2.50. The fraction of sp³-hybridized carbons (Fsp3) is 0.500. The van der Waals surface area contributed by atoms with Gasteiger partial charge in [0.15, 0.2) is 5.96 Å². The Morgan fingerprint density at radius 1 is 1.35 bits per heavy atom. The van der Waals surface area contributed by atoms with Gasteiger partial charge in [0.1, 0.15) is 23.3 Å². The van der Waals surface area contributed by atoms with Crippen LogP contribution in [0.5, 0.6) is 0 Å². The second-order valence-electron chi connectivity index (χ2n) is 8.38. The number of aromatic nitrogens is 2. The Kier molecular flexibility index (Phi) is 8.68. The molecule has 0 bridgehead atoms. The lowest BCUT2D eigenvalue weighted by Crippen LogP contribution is -2.40. The highest BCUT2D eigenvalue weighted by Gasteiger charge is 2.30. The molecule has 1 aliphatic rings. The molecule has 0 aliphatic carbocycles. The van der Waals surface area contributed by atoms with E-state index in [0.717, 1.165) is 38.4 Å². The number of hydrogen-bond acceptors (Lipinski definition) is 4. The van der Waals surface area contributed by atoms with Crippen LogP contribution in [-0.4, -0.2) is 46.8 Å². The van der Waals surface area contributed by atoms with Crippen LogP contribution < -0.4 is 11.1 Å². The molecule has 1 aromatic carbocycles. The fourth-order valence-corrected chi connectivity index (χ4v) is 3.70. The van der Waals surface area contributed by atoms with Crippen LogP contribution in [0.1, 0.15) is 44.9 Å². The molecule has 0 unspecified atom stereocenters. The van der Waals surface area contributed by atoms with Crippen molar-refractivity contribution in [2.75, 3.05) is 31.9 Å². The number of benzene rings is 1. The molecule has 31 heavy (non-hydrogen) atoms. The number of halogens is 2. The first-order valence-corrected chi connectivity index (χ1v) is 10.4. The van der Waals surface area contributed by atoms with E-state index in [9.17, 15) is 9.65 Å². The zero-order chi connectivity index (χ0) is 21.7. The van der Waals surface area contributed by atoms with E-state index in [0.29, 0.717) is 35.3 Å². The number of aliphatic imine (C=N–C) groups is 1. The van der Waals surface area contributed by atoms with Crippen molar-refractivity contribution >= 4 is 35.8 Å². The average Bonchev–Trinajstić information content (AvgIpc) is 3.23. The Labute approximate surface area is 200 Å². The van der Waals surface area contributed by atoms with E-state index in [4.69, 9.17) is 10.7 Å². The number of rotatable bonds is 6. The van der Waals surface area contributed by atoms with Crippen LogP contribution in [0.15, 0.2) is 29.3 Å². The van der Waals surface area contributed by atoms with Crippen molar-refractivity contribution in [2.45, 2.75) is 40.0 Å². The highest BCUT2D eigenvalue weighted by molar-refractivity contribution is 14.0. The zero-order valence-corrected chi connectivity index (χ0v) is 20.7. The quantitative estimate of drug-likeness (QED) is 0.253. The molecule has 1 aromatic heterocycles. The van der Waals surface area contributed by atoms with Gasteiger partial charge < -0.3 is 16.0 Å². The van der Waals surface area contributed by atoms with Crippen LogP contribution in [0, 0.1) is 22.6 Å². The third-order valence-electron chi connectivity index (χ3n) is 5.32. The monoisotopic (exact) mass is 539 g/mol. The van der Waals surface area contributed by atoms with Crippen molar-refractivity contribution < 1.29 is 4.39 Å². The van der Waals surface area contributed by atoms with E-state index in [1.807, 2.05) is 0 Å². The van der Waals surface area contributed by atoms with Gasteiger partial charge in [-0.25, -0.2) is 9.07 Å². The molecule has 1 saturated heterocycles. The maximum absolute atomic E-state index is 13.2. The molecule has 1 aliphatic heterocycles. The number of likely N-dealkylation sites (tertiary alicyclic amines) is 1. The number of nitrogens with two attached hydrogens (primary N) is 1. The third kappa shape index (κ3) is 6.09. The highest BCUT2D eigenvalue weighted by Crippen LogP contribution is 2.28. The van der Waals surface area contributed by atoms with Crippen LogP contribution in [0.2, 0.25) is 0 Å². The van der Waals surface area contributed by atoms with E-state index in [1.165, 1.54) is 16.8 Å². The summed E-state index contributed by atoms with van der Waals surface area (Å²) >= 11 is 0. The minimum Gasteiger partial charge on any atom is -0.382 e. The third-order valence-corrected chi connectivity index (χ3v) is 5.32. The van der Waals surface area contributed by atoms with E-state index in [-0.39, 0.29) is 35.6 Å². The van der Waals surface area contributed by atoms with Gasteiger partial charge in [-0.15, -0.1) is 24.0 Å². The molecule has 0 radical (unpaired) electrons. The van der Waals surface area contributed by atoms with Gasteiger partial charge in [-0.05, 0) is 55.9 Å². The standard InChI is InChI=1S/C22H30FN7.HI/c1-4-26-21(29-13-11-22(2,3)15-29)27-12-5-6-19-18(14-24)20(25)30(28-19)17-9-7-16(23)8-10-17;/h7-10H,4-6,11-13,15,25H2,1-3H3,(H,26,27);1H. The molecule has 7 nitrogen and oxygen atoms in total. The average molecular weight is 539 g/mol. The van der Waals surface area contributed by atoms with E-state index >= 15 is 0 Å². The lowest BCUT2D eigenvalue weighted by Gasteiger charge is -2.23. The molecule has 2 heterocycles. The van der Waals surface area contributed by atoms with Gasteiger partial charge in [0.25, 0.3) is 0 Å². The minimum absolute atomic E-state index is 0. The number of nitriles is 1. The number of hydrogen-bond donors (Lipinski definition) is 2. The smallest absolute Gasteiger partial charge is 0.193 e. The second-order valence-corrected chi connectivity index (χ2v) is 8.38. The van der Waals surface area contributed by atoms with E-state index in [1.54, 1.807) is 12.1 Å². The zero-order valence-electron chi connectivity index (χ0n) is 18.4. The maximum Gasteiger partial charge on any atom is 0.193 e. The Morgan fingerprint density at radius 2 is 2.06 bits per heavy atom. The topological polar surface area (TPSA) is 95.3 Å². The molecule has 3 N–H and O–H groups in total. The number of guanidine groups is 1. The van der Waals surface area contributed by atoms with Crippen LogP contribution in [-0.2, 0) is 6.42 Å². The largest absolute Gasteiger partial charge is 0.382 e. The van der Waals surface area contributed by atoms with Crippen molar-refractivity contribution in [3.05, 3.63) is 41.3 Å². The molecule has 3 rings (SSSR count). The fourth-order valence-electron chi connectivity index (χ4n) is 3.70. The summed E-state index contributed by atoms with van der Waals surface area (Å²) in [6, 6.07) is 8.03. The number of anilines is 1. The van der Waals surface area contributed by atoms with Crippen molar-refractivity contribution in [1.29, 1.82) is 5.26 Å². The van der Waals surface area contributed by atoms with Gasteiger partial charge in [-0.2, -0.15) is 10.4 Å². The first kappa shape index (κ1) is 24.9. The van der Waals surface area contributed by atoms with Crippen LogP contribution >= 0.6 is 24.0 Å². The van der Waals surface area contributed by atoms with Gasteiger partial charge in [0.05, 0.1) is 11.4 Å². The summed E-state index contributed by atoms with van der Waals surface area (Å²) in [7, 11) is 0. The number of aryl methyl sites for hydroxylation is 1. The van der Waals surface area contributed by atoms with Gasteiger partial charge in [0.2, 0.25) is 0 Å².